The summed E-state index contributed by atoms with van der Waals surface area (Å²) in [5.41, 5.74) is 5.59. The Morgan fingerprint density at radius 3 is 2.25 bits per heavy atom. The van der Waals surface area contributed by atoms with Gasteiger partial charge in [-0.05, 0) is 18.2 Å². The molecule has 0 spiro atoms. The number of hydrogen-bond donors (Lipinski definition) is 2. The predicted molar refractivity (Wildman–Crippen MR) is 42.5 cm³/mol. The van der Waals surface area contributed by atoms with Crippen LogP contribution in [0.25, 0.3) is 0 Å². The maximum absolute atomic E-state index is 8.86. The molecule has 0 amide bonds. The van der Waals surface area contributed by atoms with Gasteiger partial charge in [-0.25, -0.2) is 0 Å². The highest BCUT2D eigenvalue weighted by molar-refractivity contribution is 6.30. The van der Waals surface area contributed by atoms with Gasteiger partial charge in [0, 0.05) is 5.02 Å². The van der Waals surface area contributed by atoms with Crippen LogP contribution in [0.15, 0.2) is 18.2 Å². The normalized spacial score (nSPS) is 7.75. The van der Waals surface area contributed by atoms with Gasteiger partial charge < -0.3 is 10.8 Å². The van der Waals surface area contributed by atoms with Gasteiger partial charge in [0.1, 0.15) is 5.75 Å². The van der Waals surface area contributed by atoms with E-state index in [1.54, 1.807) is 6.07 Å². The Morgan fingerprint density at radius 2 is 1.92 bits per heavy atom. The molecule has 5 heteroatoms. The maximum atomic E-state index is 8.86. The lowest BCUT2D eigenvalue weighted by atomic mass is 10.3. The van der Waals surface area contributed by atoms with E-state index in [-0.39, 0.29) is 11.9 Å². The first-order valence-corrected chi connectivity index (χ1v) is 3.23. The van der Waals surface area contributed by atoms with Crippen LogP contribution in [0, 0.1) is 0 Å². The van der Waals surface area contributed by atoms with Crippen molar-refractivity contribution in [3.8, 4) is 5.75 Å². The van der Waals surface area contributed by atoms with Crippen molar-refractivity contribution in [1.82, 2.24) is 0 Å². The number of halogens is 1. The van der Waals surface area contributed by atoms with E-state index in [9.17, 15) is 0 Å². The van der Waals surface area contributed by atoms with Crippen LogP contribution in [-0.4, -0.2) is 11.3 Å². The Balaban J connectivity index is 0.000000354. The molecule has 1 aromatic carbocycles. The summed E-state index contributed by atoms with van der Waals surface area (Å²) in [5, 5.41) is 9.39. The Labute approximate surface area is 73.6 Å². The van der Waals surface area contributed by atoms with Crippen molar-refractivity contribution in [2.75, 3.05) is 5.73 Å². The first-order valence-electron chi connectivity index (χ1n) is 2.85. The number of benzene rings is 1. The van der Waals surface area contributed by atoms with Crippen LogP contribution in [0.2, 0.25) is 5.02 Å². The second-order valence-corrected chi connectivity index (χ2v) is 2.22. The molecule has 12 heavy (non-hydrogen) atoms. The van der Waals surface area contributed by atoms with Crippen LogP contribution >= 0.6 is 11.6 Å². The largest absolute Gasteiger partial charge is 0.506 e. The minimum Gasteiger partial charge on any atom is -0.506 e. The van der Waals surface area contributed by atoms with Gasteiger partial charge in [-0.1, -0.05) is 11.6 Å². The summed E-state index contributed by atoms with van der Waals surface area (Å²) in [6, 6.07) is 4.53. The highest BCUT2D eigenvalue weighted by Gasteiger charge is 1.93. The predicted octanol–water partition coefficient (Wildman–Crippen LogP) is 1.04. The molecule has 3 N–H and O–H groups in total. The fourth-order valence-corrected chi connectivity index (χ4v) is 0.706. The molecule has 0 aromatic heterocycles. The van der Waals surface area contributed by atoms with Crippen LogP contribution < -0.4 is 5.73 Å². The SMILES string of the molecule is Nc1cc(Cl)ccc1O.O=C=O. The number of hydrogen-bond acceptors (Lipinski definition) is 4. The summed E-state index contributed by atoms with van der Waals surface area (Å²) in [6.45, 7) is 0. The Hall–Kier alpha value is -1.51. The van der Waals surface area contributed by atoms with Gasteiger partial charge in [-0.3, -0.25) is 0 Å². The lowest BCUT2D eigenvalue weighted by molar-refractivity contribution is -0.191. The van der Waals surface area contributed by atoms with E-state index in [2.05, 4.69) is 0 Å². The minimum absolute atomic E-state index is 0.0689. The molecule has 1 rings (SSSR count). The minimum atomic E-state index is 0.0689. The van der Waals surface area contributed by atoms with Crippen molar-refractivity contribution in [2.24, 2.45) is 0 Å². The van der Waals surface area contributed by atoms with Crippen molar-refractivity contribution < 1.29 is 14.7 Å². The Morgan fingerprint density at radius 1 is 1.42 bits per heavy atom. The van der Waals surface area contributed by atoms with E-state index in [0.717, 1.165) is 0 Å². The Bertz CT molecular complexity index is 295. The van der Waals surface area contributed by atoms with E-state index < -0.39 is 0 Å². The second kappa shape index (κ2) is 5.18. The molecule has 0 unspecified atom stereocenters. The van der Waals surface area contributed by atoms with Gasteiger partial charge >= 0.3 is 6.15 Å². The monoisotopic (exact) mass is 187 g/mol. The second-order valence-electron chi connectivity index (χ2n) is 1.79. The molecule has 4 nitrogen and oxygen atoms in total. The highest BCUT2D eigenvalue weighted by atomic mass is 35.5. The van der Waals surface area contributed by atoms with E-state index in [4.69, 9.17) is 32.0 Å². The zero-order valence-corrected chi connectivity index (χ0v) is 6.71. The van der Waals surface area contributed by atoms with Crippen molar-refractivity contribution in [3.63, 3.8) is 0 Å². The molecule has 0 saturated heterocycles. The summed E-state index contributed by atoms with van der Waals surface area (Å²) < 4.78 is 0. The van der Waals surface area contributed by atoms with Crippen LogP contribution in [0.3, 0.4) is 0 Å². The third-order valence-corrected chi connectivity index (χ3v) is 1.22. The van der Waals surface area contributed by atoms with Gasteiger partial charge in [0.15, 0.2) is 0 Å². The van der Waals surface area contributed by atoms with Gasteiger partial charge in [-0.2, -0.15) is 9.59 Å². The molecule has 0 aliphatic heterocycles. The third-order valence-electron chi connectivity index (χ3n) is 0.990. The first-order chi connectivity index (χ1) is 5.61. The number of anilines is 1. The molecule has 64 valence electrons. The molecule has 0 aliphatic carbocycles. The Kier molecular flexibility index (Phi) is 4.53. The van der Waals surface area contributed by atoms with Crippen molar-refractivity contribution in [2.45, 2.75) is 0 Å². The smallest absolute Gasteiger partial charge is 0.373 e. The molecule has 0 radical (unpaired) electrons. The van der Waals surface area contributed by atoms with Crippen LogP contribution in [-0.2, 0) is 9.59 Å². The summed E-state index contributed by atoms with van der Waals surface area (Å²) in [4.78, 5) is 16.2. The third kappa shape index (κ3) is 3.61. The number of rotatable bonds is 0. The lowest BCUT2D eigenvalue weighted by Gasteiger charge is -1.95. The van der Waals surface area contributed by atoms with E-state index in [1.807, 2.05) is 0 Å². The average Bonchev–Trinajstić information content (AvgIpc) is 1.99. The van der Waals surface area contributed by atoms with Gasteiger partial charge in [-0.15, -0.1) is 0 Å². The van der Waals surface area contributed by atoms with Gasteiger partial charge in [0.05, 0.1) is 5.69 Å². The van der Waals surface area contributed by atoms with E-state index >= 15 is 0 Å². The number of aromatic hydroxyl groups is 1. The molecular weight excluding hydrogens is 182 g/mol. The zero-order valence-electron chi connectivity index (χ0n) is 5.95. The fraction of sp³-hybridized carbons (Fsp3) is 0. The molecule has 1 aromatic rings. The molecule has 0 atom stereocenters. The van der Waals surface area contributed by atoms with Gasteiger partial charge in [0.25, 0.3) is 0 Å². The molecule has 0 fully saturated rings. The van der Waals surface area contributed by atoms with Crippen molar-refractivity contribution >= 4 is 23.4 Å². The molecule has 0 heterocycles. The van der Waals surface area contributed by atoms with Gasteiger partial charge in [0.2, 0.25) is 0 Å². The zero-order chi connectivity index (χ0) is 9.56. The maximum Gasteiger partial charge on any atom is 0.373 e. The van der Waals surface area contributed by atoms with E-state index in [0.29, 0.717) is 10.7 Å². The summed E-state index contributed by atoms with van der Waals surface area (Å²) in [5.74, 6) is 0.0689. The fourth-order valence-electron chi connectivity index (χ4n) is 0.525. The summed E-state index contributed by atoms with van der Waals surface area (Å²) in [6.07, 6.45) is 0.250. The standard InChI is InChI=1S/C6H6ClNO.CO2/c7-4-1-2-6(9)5(8)3-4;2-1-3/h1-3,9H,8H2;. The number of carbonyl (C=O) groups excluding carboxylic acids is 2. The summed E-state index contributed by atoms with van der Waals surface area (Å²) in [7, 11) is 0. The van der Waals surface area contributed by atoms with Crippen molar-refractivity contribution in [3.05, 3.63) is 23.2 Å². The average molecular weight is 188 g/mol. The number of phenolic OH excluding ortho intramolecular Hbond substituents is 1. The lowest BCUT2D eigenvalue weighted by Crippen LogP contribution is -1.83. The van der Waals surface area contributed by atoms with Crippen molar-refractivity contribution in [1.29, 1.82) is 0 Å². The van der Waals surface area contributed by atoms with Crippen LogP contribution in [0.4, 0.5) is 5.69 Å². The molecule has 0 aliphatic rings. The quantitative estimate of drug-likeness (QED) is 0.470. The molecule has 0 bridgehead atoms. The highest BCUT2D eigenvalue weighted by Crippen LogP contribution is 2.22. The van der Waals surface area contributed by atoms with Crippen LogP contribution in [0.5, 0.6) is 5.75 Å². The van der Waals surface area contributed by atoms with E-state index in [1.165, 1.54) is 12.1 Å². The van der Waals surface area contributed by atoms with Crippen LogP contribution in [0.1, 0.15) is 0 Å². The molecule has 0 saturated carbocycles. The molecular formula is C7H6ClNO3. The topological polar surface area (TPSA) is 80.4 Å². The summed E-state index contributed by atoms with van der Waals surface area (Å²) >= 11 is 5.53. The number of nitrogen functional groups attached to an aromatic ring is 1. The number of phenols is 1. The first kappa shape index (κ1) is 10.5. The number of nitrogens with two attached hydrogens (primary N) is 1.